The molecular weight excluding hydrogens is 274 g/mol. The third kappa shape index (κ3) is 3.45. The molecule has 1 aromatic carbocycles. The molecule has 1 aromatic heterocycles. The lowest BCUT2D eigenvalue weighted by Crippen LogP contribution is -2.33. The van der Waals surface area contributed by atoms with Gasteiger partial charge >= 0.3 is 0 Å². The zero-order valence-electron chi connectivity index (χ0n) is 13.3. The summed E-state index contributed by atoms with van der Waals surface area (Å²) in [6.07, 6.45) is 5.58. The topological polar surface area (TPSA) is 38.2 Å². The molecule has 1 fully saturated rings. The third-order valence-corrected chi connectivity index (χ3v) is 4.30. The van der Waals surface area contributed by atoms with Crippen molar-refractivity contribution in [3.8, 4) is 5.75 Å². The van der Waals surface area contributed by atoms with Crippen LogP contribution in [-0.2, 0) is 6.54 Å². The van der Waals surface area contributed by atoms with Crippen LogP contribution < -0.4 is 4.74 Å². The van der Waals surface area contributed by atoms with Gasteiger partial charge in [0.2, 0.25) is 0 Å². The highest BCUT2D eigenvalue weighted by Crippen LogP contribution is 2.31. The van der Waals surface area contributed by atoms with Crippen molar-refractivity contribution in [3.05, 3.63) is 53.6 Å². The predicted octanol–water partition coefficient (Wildman–Crippen LogP) is 3.52. The average molecular weight is 297 g/mol. The first-order valence-electron chi connectivity index (χ1n) is 7.93. The van der Waals surface area contributed by atoms with Gasteiger partial charge in [0, 0.05) is 12.7 Å². The number of aromatic nitrogens is 2. The molecule has 3 rings (SSSR count). The van der Waals surface area contributed by atoms with Gasteiger partial charge in [0.25, 0.3) is 0 Å². The van der Waals surface area contributed by atoms with Crippen molar-refractivity contribution in [1.29, 1.82) is 0 Å². The van der Waals surface area contributed by atoms with Gasteiger partial charge in [-0.1, -0.05) is 18.6 Å². The first kappa shape index (κ1) is 15.0. The van der Waals surface area contributed by atoms with Gasteiger partial charge in [-0.3, -0.25) is 4.90 Å². The summed E-state index contributed by atoms with van der Waals surface area (Å²) in [4.78, 5) is 11.4. The Labute approximate surface area is 132 Å². The van der Waals surface area contributed by atoms with Gasteiger partial charge in [-0.15, -0.1) is 0 Å². The summed E-state index contributed by atoms with van der Waals surface area (Å²) in [7, 11) is 1.70. The van der Waals surface area contributed by atoms with E-state index in [4.69, 9.17) is 4.74 Å². The zero-order valence-corrected chi connectivity index (χ0v) is 13.3. The van der Waals surface area contributed by atoms with Crippen LogP contribution in [0.4, 0.5) is 0 Å². The molecule has 4 heteroatoms. The van der Waals surface area contributed by atoms with Gasteiger partial charge in [0.15, 0.2) is 0 Å². The number of methoxy groups -OCH3 is 1. The number of hydrogen-bond donors (Lipinski definition) is 0. The summed E-state index contributed by atoms with van der Waals surface area (Å²) in [6, 6.07) is 10.8. The molecule has 1 saturated heterocycles. The monoisotopic (exact) mass is 297 g/mol. The summed E-state index contributed by atoms with van der Waals surface area (Å²) in [5.41, 5.74) is 2.47. The second-order valence-electron chi connectivity index (χ2n) is 5.86. The quantitative estimate of drug-likeness (QED) is 0.865. The van der Waals surface area contributed by atoms with Crippen LogP contribution in [0.1, 0.15) is 42.4 Å². The summed E-state index contributed by atoms with van der Waals surface area (Å²) in [6.45, 7) is 4.04. The Morgan fingerprint density at radius 1 is 1.18 bits per heavy atom. The highest BCUT2D eigenvalue weighted by Gasteiger charge is 2.25. The van der Waals surface area contributed by atoms with Crippen LogP contribution in [0.5, 0.6) is 5.75 Å². The molecule has 0 amide bonds. The molecule has 0 aliphatic carbocycles. The van der Waals surface area contributed by atoms with Crippen LogP contribution in [0, 0.1) is 6.92 Å². The second kappa shape index (κ2) is 6.88. The van der Waals surface area contributed by atoms with Crippen molar-refractivity contribution in [2.45, 2.75) is 38.8 Å². The van der Waals surface area contributed by atoms with Crippen molar-refractivity contribution in [2.24, 2.45) is 0 Å². The first-order chi connectivity index (χ1) is 10.8. The molecule has 116 valence electrons. The molecule has 2 aromatic rings. The Morgan fingerprint density at radius 2 is 2.00 bits per heavy atom. The molecule has 0 radical (unpaired) electrons. The summed E-state index contributed by atoms with van der Waals surface area (Å²) >= 11 is 0. The number of piperidine rings is 1. The molecule has 22 heavy (non-hydrogen) atoms. The molecule has 2 heterocycles. The van der Waals surface area contributed by atoms with Crippen LogP contribution in [0.15, 0.2) is 36.5 Å². The largest absolute Gasteiger partial charge is 0.497 e. The van der Waals surface area contributed by atoms with Gasteiger partial charge in [-0.25, -0.2) is 9.97 Å². The lowest BCUT2D eigenvalue weighted by molar-refractivity contribution is 0.137. The Bertz CT molecular complexity index is 612. The Hall–Kier alpha value is -1.94. The lowest BCUT2D eigenvalue weighted by atomic mass is 9.98. The van der Waals surface area contributed by atoms with E-state index in [1.165, 1.54) is 24.8 Å². The van der Waals surface area contributed by atoms with Gasteiger partial charge in [-0.05, 0) is 50.1 Å². The molecule has 0 saturated carbocycles. The van der Waals surface area contributed by atoms with Crippen molar-refractivity contribution >= 4 is 0 Å². The molecule has 0 unspecified atom stereocenters. The van der Waals surface area contributed by atoms with Crippen LogP contribution in [0.2, 0.25) is 0 Å². The van der Waals surface area contributed by atoms with Crippen LogP contribution >= 0.6 is 0 Å². The van der Waals surface area contributed by atoms with Crippen LogP contribution in [0.25, 0.3) is 0 Å². The number of ether oxygens (including phenoxy) is 1. The Morgan fingerprint density at radius 3 is 2.73 bits per heavy atom. The fourth-order valence-electron chi connectivity index (χ4n) is 3.14. The average Bonchev–Trinajstić information content (AvgIpc) is 2.56. The van der Waals surface area contributed by atoms with E-state index in [0.29, 0.717) is 6.04 Å². The molecule has 1 aliphatic rings. The van der Waals surface area contributed by atoms with E-state index in [1.54, 1.807) is 7.11 Å². The maximum atomic E-state index is 5.23. The molecule has 1 aliphatic heterocycles. The lowest BCUT2D eigenvalue weighted by Gasteiger charge is -2.35. The Balaban J connectivity index is 1.77. The van der Waals surface area contributed by atoms with Crippen molar-refractivity contribution in [1.82, 2.24) is 14.9 Å². The number of nitrogens with zero attached hydrogens (tertiary/aromatic N) is 3. The van der Waals surface area contributed by atoms with E-state index < -0.39 is 0 Å². The van der Waals surface area contributed by atoms with E-state index >= 15 is 0 Å². The molecular formula is C18H23N3O. The summed E-state index contributed by atoms with van der Waals surface area (Å²) in [5.74, 6) is 1.76. The predicted molar refractivity (Wildman–Crippen MR) is 86.8 cm³/mol. The first-order valence-corrected chi connectivity index (χ1v) is 7.93. The van der Waals surface area contributed by atoms with Gasteiger partial charge in [0.05, 0.1) is 18.8 Å². The number of likely N-dealkylation sites (tertiary alicyclic amines) is 1. The molecule has 0 spiro atoms. The normalized spacial score (nSPS) is 19.1. The second-order valence-corrected chi connectivity index (χ2v) is 5.86. The van der Waals surface area contributed by atoms with Crippen molar-refractivity contribution in [2.75, 3.05) is 13.7 Å². The molecule has 1 atom stereocenters. The van der Waals surface area contributed by atoms with Crippen molar-refractivity contribution < 1.29 is 4.74 Å². The number of aryl methyl sites for hydroxylation is 1. The highest BCUT2D eigenvalue weighted by molar-refractivity contribution is 5.27. The Kier molecular flexibility index (Phi) is 4.68. The van der Waals surface area contributed by atoms with E-state index in [1.807, 2.05) is 25.3 Å². The zero-order chi connectivity index (χ0) is 15.4. The minimum atomic E-state index is 0.401. The fraction of sp³-hybridized carbons (Fsp3) is 0.444. The van der Waals surface area contributed by atoms with E-state index in [2.05, 4.69) is 33.1 Å². The number of rotatable bonds is 4. The number of benzene rings is 1. The standard InChI is InChI=1S/C18H23N3O/c1-14-19-11-10-17(20-14)18-5-3-4-12-21(18)13-15-6-8-16(22-2)9-7-15/h6-11,18H,3-5,12-13H2,1-2H3/t18-/m0/s1. The maximum absolute atomic E-state index is 5.23. The molecule has 0 bridgehead atoms. The van der Waals surface area contributed by atoms with Gasteiger partial charge in [0.1, 0.15) is 11.6 Å². The van der Waals surface area contributed by atoms with Crippen LogP contribution in [-0.4, -0.2) is 28.5 Å². The smallest absolute Gasteiger partial charge is 0.125 e. The SMILES string of the molecule is COc1ccc(CN2CCCC[C@H]2c2ccnc(C)n2)cc1. The highest BCUT2D eigenvalue weighted by atomic mass is 16.5. The fourth-order valence-corrected chi connectivity index (χ4v) is 3.14. The maximum Gasteiger partial charge on any atom is 0.125 e. The molecule has 0 N–H and O–H groups in total. The summed E-state index contributed by atoms with van der Waals surface area (Å²) < 4.78 is 5.23. The van der Waals surface area contributed by atoms with E-state index in [0.717, 1.165) is 30.4 Å². The minimum absolute atomic E-state index is 0.401. The van der Waals surface area contributed by atoms with E-state index in [-0.39, 0.29) is 0 Å². The summed E-state index contributed by atoms with van der Waals surface area (Å²) in [5, 5.41) is 0. The third-order valence-electron chi connectivity index (χ3n) is 4.30. The molecule has 4 nitrogen and oxygen atoms in total. The van der Waals surface area contributed by atoms with E-state index in [9.17, 15) is 0 Å². The van der Waals surface area contributed by atoms with Crippen LogP contribution in [0.3, 0.4) is 0 Å². The minimum Gasteiger partial charge on any atom is -0.497 e. The van der Waals surface area contributed by atoms with Gasteiger partial charge < -0.3 is 4.74 Å². The number of hydrogen-bond acceptors (Lipinski definition) is 4. The van der Waals surface area contributed by atoms with Gasteiger partial charge in [-0.2, -0.15) is 0 Å². The van der Waals surface area contributed by atoms with Crippen molar-refractivity contribution in [3.63, 3.8) is 0 Å².